The molecule has 1 aromatic rings. The largest absolute Gasteiger partial charge is 0.503 e. The molecule has 0 saturated carbocycles. The second-order valence-electron chi connectivity index (χ2n) is 2.30. The van der Waals surface area contributed by atoms with Gasteiger partial charge in [-0.25, -0.2) is 8.78 Å². The molecule has 0 aliphatic carbocycles. The van der Waals surface area contributed by atoms with E-state index in [-0.39, 0.29) is 0 Å². The fourth-order valence-corrected chi connectivity index (χ4v) is 1.28. The monoisotopic (exact) mass is 210 g/mol. The summed E-state index contributed by atoms with van der Waals surface area (Å²) in [6.45, 7) is 0. The van der Waals surface area contributed by atoms with Crippen molar-refractivity contribution in [2.75, 3.05) is 0 Å². The normalized spacial score (nSPS) is 11.7. The Morgan fingerprint density at radius 2 is 1.54 bits per heavy atom. The van der Waals surface area contributed by atoms with Gasteiger partial charge in [-0.2, -0.15) is 0 Å². The number of rotatable bonds is 1. The second-order valence-corrected chi connectivity index (χ2v) is 3.91. The lowest BCUT2D eigenvalue weighted by atomic mass is 10.3. The Labute approximate surface area is 71.6 Å². The lowest BCUT2D eigenvalue weighted by molar-refractivity contribution is 0.383. The summed E-state index contributed by atoms with van der Waals surface area (Å²) in [6, 6.07) is 0.776. The van der Waals surface area contributed by atoms with E-state index in [9.17, 15) is 13.3 Å². The predicted octanol–water partition coefficient (Wildman–Crippen LogP) is 0.473. The molecule has 1 rings (SSSR count). The highest BCUT2D eigenvalue weighted by molar-refractivity contribution is 7.60. The minimum Gasteiger partial charge on any atom is -0.503 e. The minimum absolute atomic E-state index is 0.388. The highest BCUT2D eigenvalue weighted by Crippen LogP contribution is 2.35. The Bertz CT molecular complexity index is 363. The molecule has 0 heterocycles. The van der Waals surface area contributed by atoms with Crippen LogP contribution in [0.5, 0.6) is 5.75 Å². The molecule has 4 nitrogen and oxygen atoms in total. The SMILES string of the molecule is O=P(O)(O)c1cc(F)c(O)c(F)c1. The smallest absolute Gasteiger partial charge is 0.356 e. The molecular weight excluding hydrogens is 205 g/mol. The van der Waals surface area contributed by atoms with Crippen molar-refractivity contribution in [2.24, 2.45) is 0 Å². The van der Waals surface area contributed by atoms with Crippen molar-refractivity contribution in [1.82, 2.24) is 0 Å². The van der Waals surface area contributed by atoms with Gasteiger partial charge in [-0.15, -0.1) is 0 Å². The van der Waals surface area contributed by atoms with Crippen LogP contribution in [0.3, 0.4) is 0 Å². The van der Waals surface area contributed by atoms with Crippen molar-refractivity contribution >= 4 is 12.9 Å². The van der Waals surface area contributed by atoms with Crippen LogP contribution in [0.2, 0.25) is 0 Å². The Balaban J connectivity index is 3.38. The molecule has 0 unspecified atom stereocenters. The molecule has 72 valence electrons. The molecule has 0 aliphatic rings. The molecule has 0 fully saturated rings. The first-order valence-electron chi connectivity index (χ1n) is 3.06. The van der Waals surface area contributed by atoms with E-state index in [0.29, 0.717) is 12.1 Å². The lowest BCUT2D eigenvalue weighted by Crippen LogP contribution is -2.06. The summed E-state index contributed by atoms with van der Waals surface area (Å²) in [4.78, 5) is 17.0. The Morgan fingerprint density at radius 1 is 1.15 bits per heavy atom. The van der Waals surface area contributed by atoms with Crippen LogP contribution < -0.4 is 5.30 Å². The minimum atomic E-state index is -4.68. The summed E-state index contributed by atoms with van der Waals surface area (Å²) >= 11 is 0. The number of phenolic OH excluding ortho intramolecular Hbond substituents is 1. The highest BCUT2D eigenvalue weighted by atomic mass is 31.2. The van der Waals surface area contributed by atoms with Gasteiger partial charge in [0.1, 0.15) is 0 Å². The third-order valence-electron chi connectivity index (χ3n) is 1.34. The number of benzene rings is 1. The molecular formula is C6H5F2O4P. The van der Waals surface area contributed by atoms with Gasteiger partial charge >= 0.3 is 7.60 Å². The molecule has 3 N–H and O–H groups in total. The summed E-state index contributed by atoms with van der Waals surface area (Å²) < 4.78 is 35.6. The fraction of sp³-hybridized carbons (Fsp3) is 0. The number of aromatic hydroxyl groups is 1. The highest BCUT2D eigenvalue weighted by Gasteiger charge is 2.21. The number of hydrogen-bond donors (Lipinski definition) is 3. The van der Waals surface area contributed by atoms with E-state index in [1.165, 1.54) is 0 Å². The molecule has 0 amide bonds. The Hall–Kier alpha value is -0.970. The standard InChI is InChI=1S/C6H5F2O4P/c7-4-1-3(13(10,11)12)2-5(8)6(4)9/h1-2,9H,(H2,10,11,12). The van der Waals surface area contributed by atoms with Crippen LogP contribution in [-0.2, 0) is 4.57 Å². The van der Waals surface area contributed by atoms with E-state index >= 15 is 0 Å². The predicted molar refractivity (Wildman–Crippen MR) is 39.7 cm³/mol. The summed E-state index contributed by atoms with van der Waals surface area (Å²) in [7, 11) is -4.68. The molecule has 0 spiro atoms. The third kappa shape index (κ3) is 2.03. The maximum atomic E-state index is 12.5. The van der Waals surface area contributed by atoms with Crippen molar-refractivity contribution in [1.29, 1.82) is 0 Å². The fourth-order valence-electron chi connectivity index (χ4n) is 0.720. The van der Waals surface area contributed by atoms with Crippen LogP contribution in [0.4, 0.5) is 8.78 Å². The molecule has 0 saturated heterocycles. The molecule has 0 bridgehead atoms. The van der Waals surface area contributed by atoms with Crippen molar-refractivity contribution in [3.8, 4) is 5.75 Å². The molecule has 13 heavy (non-hydrogen) atoms. The first-order chi connectivity index (χ1) is 5.82. The van der Waals surface area contributed by atoms with Crippen LogP contribution >= 0.6 is 7.60 Å². The molecule has 1 aromatic carbocycles. The van der Waals surface area contributed by atoms with Crippen molar-refractivity contribution in [3.63, 3.8) is 0 Å². The van der Waals surface area contributed by atoms with Gasteiger partial charge < -0.3 is 14.9 Å². The van der Waals surface area contributed by atoms with Crippen molar-refractivity contribution in [3.05, 3.63) is 23.8 Å². The zero-order valence-electron chi connectivity index (χ0n) is 6.11. The van der Waals surface area contributed by atoms with Crippen LogP contribution in [0, 0.1) is 11.6 Å². The topological polar surface area (TPSA) is 77.8 Å². The molecule has 7 heteroatoms. The number of phenols is 1. The maximum Gasteiger partial charge on any atom is 0.356 e. The van der Waals surface area contributed by atoms with E-state index in [1.54, 1.807) is 0 Å². The lowest BCUT2D eigenvalue weighted by Gasteiger charge is -2.04. The number of hydrogen-bond acceptors (Lipinski definition) is 2. The van der Waals surface area contributed by atoms with E-state index < -0.39 is 30.3 Å². The van der Waals surface area contributed by atoms with Crippen LogP contribution in [0.25, 0.3) is 0 Å². The van der Waals surface area contributed by atoms with Gasteiger partial charge in [0.15, 0.2) is 17.4 Å². The van der Waals surface area contributed by atoms with Crippen LogP contribution in [-0.4, -0.2) is 14.9 Å². The first kappa shape index (κ1) is 10.1. The zero-order valence-corrected chi connectivity index (χ0v) is 7.00. The van der Waals surface area contributed by atoms with Crippen LogP contribution in [0.1, 0.15) is 0 Å². The van der Waals surface area contributed by atoms with Gasteiger partial charge in [-0.1, -0.05) is 0 Å². The molecule has 0 radical (unpaired) electrons. The molecule has 0 atom stereocenters. The Morgan fingerprint density at radius 3 is 1.85 bits per heavy atom. The molecule has 0 aromatic heterocycles. The molecule has 0 aliphatic heterocycles. The van der Waals surface area contributed by atoms with Crippen LogP contribution in [0.15, 0.2) is 12.1 Å². The van der Waals surface area contributed by atoms with Gasteiger partial charge in [-0.3, -0.25) is 4.57 Å². The third-order valence-corrected chi connectivity index (χ3v) is 2.27. The second kappa shape index (κ2) is 3.06. The summed E-state index contributed by atoms with van der Waals surface area (Å²) in [5.74, 6) is -4.06. The maximum absolute atomic E-state index is 12.5. The van der Waals surface area contributed by atoms with Gasteiger partial charge in [-0.05, 0) is 12.1 Å². The van der Waals surface area contributed by atoms with E-state index in [0.717, 1.165) is 0 Å². The average Bonchev–Trinajstić information content (AvgIpc) is 1.97. The average molecular weight is 210 g/mol. The van der Waals surface area contributed by atoms with Gasteiger partial charge in [0, 0.05) is 0 Å². The van der Waals surface area contributed by atoms with E-state index in [4.69, 9.17) is 14.9 Å². The summed E-state index contributed by atoms with van der Waals surface area (Å²) in [5.41, 5.74) is 0. The van der Waals surface area contributed by atoms with E-state index in [2.05, 4.69) is 0 Å². The Kier molecular flexibility index (Phi) is 2.38. The first-order valence-corrected chi connectivity index (χ1v) is 4.67. The van der Waals surface area contributed by atoms with Crippen molar-refractivity contribution in [2.45, 2.75) is 0 Å². The summed E-state index contributed by atoms with van der Waals surface area (Å²) in [5, 5.41) is 7.79. The van der Waals surface area contributed by atoms with Gasteiger partial charge in [0.05, 0.1) is 5.30 Å². The quantitative estimate of drug-likeness (QED) is 0.589. The summed E-state index contributed by atoms with van der Waals surface area (Å²) in [6.07, 6.45) is 0. The van der Waals surface area contributed by atoms with Gasteiger partial charge in [0.25, 0.3) is 0 Å². The van der Waals surface area contributed by atoms with Crippen molar-refractivity contribution < 1.29 is 28.2 Å². The van der Waals surface area contributed by atoms with Gasteiger partial charge in [0.2, 0.25) is 0 Å². The zero-order chi connectivity index (χ0) is 10.2. The number of halogens is 2. The van der Waals surface area contributed by atoms with E-state index in [1.807, 2.05) is 0 Å².